The van der Waals surface area contributed by atoms with Crippen LogP contribution in [-0.2, 0) is 5.41 Å². The monoisotopic (exact) mass is 665 g/mol. The van der Waals surface area contributed by atoms with Gasteiger partial charge in [0.2, 0.25) is 0 Å². The van der Waals surface area contributed by atoms with E-state index in [2.05, 4.69) is 193 Å². The quantitative estimate of drug-likeness (QED) is 0.181. The number of fused-ring (bicyclic) bond motifs is 13. The van der Waals surface area contributed by atoms with Crippen LogP contribution in [0.25, 0.3) is 53.6 Å². The summed E-state index contributed by atoms with van der Waals surface area (Å²) in [5.41, 5.74) is 16.1. The lowest BCUT2D eigenvalue weighted by Crippen LogP contribution is -2.26. The first-order valence-corrected chi connectivity index (χ1v) is 18.4. The van der Waals surface area contributed by atoms with Gasteiger partial charge in [-0.15, -0.1) is 11.3 Å². The van der Waals surface area contributed by atoms with Gasteiger partial charge in [-0.3, -0.25) is 0 Å². The molecule has 1 heterocycles. The molecular weight excluding hydrogens is 635 g/mol. The third-order valence-corrected chi connectivity index (χ3v) is 12.2. The van der Waals surface area contributed by atoms with Gasteiger partial charge in [0.25, 0.3) is 0 Å². The van der Waals surface area contributed by atoms with Crippen molar-refractivity contribution in [3.63, 3.8) is 0 Å². The maximum absolute atomic E-state index is 2.48. The Hall–Kier alpha value is -6.22. The van der Waals surface area contributed by atoms with Crippen LogP contribution in [-0.4, -0.2) is 0 Å². The lowest BCUT2D eigenvalue weighted by atomic mass is 9.70. The Morgan fingerprint density at radius 2 is 0.824 bits per heavy atom. The van der Waals surface area contributed by atoms with Crippen LogP contribution in [0.5, 0.6) is 0 Å². The highest BCUT2D eigenvalue weighted by Gasteiger charge is 2.51. The molecular formula is C49H31NS. The molecule has 8 aromatic carbocycles. The highest BCUT2D eigenvalue weighted by molar-refractivity contribution is 7.25. The van der Waals surface area contributed by atoms with Gasteiger partial charge in [-0.2, -0.15) is 0 Å². The van der Waals surface area contributed by atoms with Gasteiger partial charge in [0.05, 0.1) is 5.41 Å². The number of anilines is 3. The van der Waals surface area contributed by atoms with Crippen LogP contribution in [0.1, 0.15) is 22.3 Å². The van der Waals surface area contributed by atoms with Crippen molar-refractivity contribution in [2.75, 3.05) is 4.90 Å². The molecule has 238 valence electrons. The SMILES string of the molecule is c1ccc(-c2ccc(N(c3ccc4c(c3)C3(c5ccccc5-c5ccccc53)c3ccccc3-4)c3ccc4sc5ccccc5c4c3)cc2)cc1. The van der Waals surface area contributed by atoms with Crippen LogP contribution in [0.3, 0.4) is 0 Å². The van der Waals surface area contributed by atoms with Gasteiger partial charge in [0.1, 0.15) is 0 Å². The predicted octanol–water partition coefficient (Wildman–Crippen LogP) is 13.5. The fraction of sp³-hybridized carbons (Fsp3) is 0.0204. The average Bonchev–Trinajstić information content (AvgIpc) is 3.82. The van der Waals surface area contributed by atoms with Gasteiger partial charge in [-0.25, -0.2) is 0 Å². The zero-order chi connectivity index (χ0) is 33.5. The van der Waals surface area contributed by atoms with Crippen molar-refractivity contribution in [2.45, 2.75) is 5.41 Å². The molecule has 51 heavy (non-hydrogen) atoms. The maximum atomic E-state index is 2.48. The molecule has 2 aliphatic carbocycles. The van der Waals surface area contributed by atoms with Crippen LogP contribution < -0.4 is 4.90 Å². The van der Waals surface area contributed by atoms with Gasteiger partial charge in [0, 0.05) is 37.2 Å². The summed E-state index contributed by atoms with van der Waals surface area (Å²) >= 11 is 1.86. The lowest BCUT2D eigenvalue weighted by Gasteiger charge is -2.32. The molecule has 0 bridgehead atoms. The number of rotatable bonds is 4. The Morgan fingerprint density at radius 3 is 1.51 bits per heavy atom. The summed E-state index contributed by atoms with van der Waals surface area (Å²) in [6, 6.07) is 69.7. The molecule has 0 N–H and O–H groups in total. The minimum atomic E-state index is -0.397. The van der Waals surface area contributed by atoms with E-state index in [1.165, 1.54) is 75.8 Å². The van der Waals surface area contributed by atoms with Crippen LogP contribution in [0.4, 0.5) is 17.1 Å². The number of nitrogens with zero attached hydrogens (tertiary/aromatic N) is 1. The van der Waals surface area contributed by atoms with Crippen molar-refractivity contribution in [2.24, 2.45) is 0 Å². The van der Waals surface area contributed by atoms with Crippen LogP contribution in [0.15, 0.2) is 188 Å². The minimum Gasteiger partial charge on any atom is -0.310 e. The standard InChI is InChI=1S/C49H31NS/c1-2-12-32(13-3-1)33-22-24-34(25-23-33)50(35-27-29-48-42(30-35)41-17-7-11-21-47(41)51-48)36-26-28-40-39-16-6-10-20-45(39)49(46(40)31-36)43-18-8-4-14-37(43)38-15-5-9-19-44(38)49/h1-31H. The molecule has 1 spiro atoms. The Kier molecular flexibility index (Phi) is 6.11. The van der Waals surface area contributed by atoms with Crippen molar-refractivity contribution >= 4 is 48.6 Å². The Morgan fingerprint density at radius 1 is 0.333 bits per heavy atom. The van der Waals surface area contributed by atoms with E-state index in [1.54, 1.807) is 0 Å². The topological polar surface area (TPSA) is 3.24 Å². The summed E-state index contributed by atoms with van der Waals surface area (Å²) < 4.78 is 2.63. The van der Waals surface area contributed by atoms with E-state index in [-0.39, 0.29) is 0 Å². The van der Waals surface area contributed by atoms with E-state index in [0.717, 1.165) is 17.1 Å². The minimum absolute atomic E-state index is 0.397. The summed E-state index contributed by atoms with van der Waals surface area (Å²) in [6.07, 6.45) is 0. The molecule has 2 aliphatic rings. The van der Waals surface area contributed by atoms with Crippen LogP contribution in [0, 0.1) is 0 Å². The van der Waals surface area contributed by atoms with Crippen molar-refractivity contribution in [1.29, 1.82) is 0 Å². The highest BCUT2D eigenvalue weighted by Crippen LogP contribution is 2.63. The maximum Gasteiger partial charge on any atom is 0.0726 e. The molecule has 9 aromatic rings. The molecule has 0 aliphatic heterocycles. The van der Waals surface area contributed by atoms with E-state index in [1.807, 2.05) is 11.3 Å². The summed E-state index contributed by atoms with van der Waals surface area (Å²) in [7, 11) is 0. The zero-order valence-electron chi connectivity index (χ0n) is 27.8. The van der Waals surface area contributed by atoms with E-state index >= 15 is 0 Å². The number of hydrogen-bond donors (Lipinski definition) is 0. The number of benzene rings is 8. The normalized spacial score (nSPS) is 13.3. The molecule has 0 fully saturated rings. The highest BCUT2D eigenvalue weighted by atomic mass is 32.1. The van der Waals surface area contributed by atoms with Gasteiger partial charge in [-0.05, 0) is 104 Å². The second-order valence-electron chi connectivity index (χ2n) is 13.6. The first kappa shape index (κ1) is 28.6. The molecule has 1 nitrogen and oxygen atoms in total. The summed E-state index contributed by atoms with van der Waals surface area (Å²) in [4.78, 5) is 2.45. The van der Waals surface area contributed by atoms with Gasteiger partial charge in [-0.1, -0.05) is 140 Å². The first-order chi connectivity index (χ1) is 25.3. The zero-order valence-corrected chi connectivity index (χ0v) is 28.6. The van der Waals surface area contributed by atoms with Crippen LogP contribution in [0.2, 0.25) is 0 Å². The molecule has 2 heteroatoms. The predicted molar refractivity (Wildman–Crippen MR) is 216 cm³/mol. The largest absolute Gasteiger partial charge is 0.310 e. The van der Waals surface area contributed by atoms with Crippen molar-refractivity contribution in [1.82, 2.24) is 0 Å². The van der Waals surface area contributed by atoms with Gasteiger partial charge >= 0.3 is 0 Å². The van der Waals surface area contributed by atoms with Crippen molar-refractivity contribution in [3.05, 3.63) is 210 Å². The molecule has 0 saturated heterocycles. The fourth-order valence-corrected chi connectivity index (χ4v) is 10.0. The molecule has 0 radical (unpaired) electrons. The second-order valence-corrected chi connectivity index (χ2v) is 14.7. The van der Waals surface area contributed by atoms with Crippen molar-refractivity contribution in [3.8, 4) is 33.4 Å². The molecule has 0 saturated carbocycles. The van der Waals surface area contributed by atoms with E-state index in [0.29, 0.717) is 0 Å². The molecule has 0 atom stereocenters. The smallest absolute Gasteiger partial charge is 0.0726 e. The third kappa shape index (κ3) is 4.03. The fourth-order valence-electron chi connectivity index (χ4n) is 8.96. The van der Waals surface area contributed by atoms with Gasteiger partial charge < -0.3 is 4.90 Å². The Labute approximate surface area is 301 Å². The summed E-state index contributed by atoms with van der Waals surface area (Å²) in [6.45, 7) is 0. The number of hydrogen-bond acceptors (Lipinski definition) is 2. The third-order valence-electron chi connectivity index (χ3n) is 11.1. The number of thiophene rings is 1. The van der Waals surface area contributed by atoms with E-state index in [4.69, 9.17) is 0 Å². The molecule has 11 rings (SSSR count). The van der Waals surface area contributed by atoms with Crippen molar-refractivity contribution < 1.29 is 0 Å². The Balaban J connectivity index is 1.17. The molecule has 1 aromatic heterocycles. The first-order valence-electron chi connectivity index (χ1n) is 17.6. The second kappa shape index (κ2) is 10.9. The summed E-state index contributed by atoms with van der Waals surface area (Å²) in [5, 5.41) is 2.60. The molecule has 0 unspecified atom stereocenters. The van der Waals surface area contributed by atoms with E-state index < -0.39 is 5.41 Å². The van der Waals surface area contributed by atoms with Crippen LogP contribution >= 0.6 is 11.3 Å². The summed E-state index contributed by atoms with van der Waals surface area (Å²) in [5.74, 6) is 0. The average molecular weight is 666 g/mol. The van der Waals surface area contributed by atoms with Gasteiger partial charge in [0.15, 0.2) is 0 Å². The Bertz CT molecular complexity index is 2750. The molecule has 0 amide bonds. The van der Waals surface area contributed by atoms with E-state index in [9.17, 15) is 0 Å². The lowest BCUT2D eigenvalue weighted by molar-refractivity contribution is 0.793.